The van der Waals surface area contributed by atoms with Crippen molar-refractivity contribution in [2.45, 2.75) is 57.7 Å². The normalized spacial score (nSPS) is 20.2. The molecule has 1 atom stereocenters. The lowest BCUT2D eigenvalue weighted by atomic mass is 10.1. The number of ether oxygens (including phenoxy) is 1. The van der Waals surface area contributed by atoms with Gasteiger partial charge in [-0.3, -0.25) is 4.99 Å². The summed E-state index contributed by atoms with van der Waals surface area (Å²) in [6, 6.07) is 9.59. The summed E-state index contributed by atoms with van der Waals surface area (Å²) in [6.45, 7) is 7.32. The number of aliphatic imine (C=N–C) groups is 1. The van der Waals surface area contributed by atoms with Crippen LogP contribution in [0.2, 0.25) is 0 Å². The van der Waals surface area contributed by atoms with Crippen molar-refractivity contribution in [3.63, 3.8) is 0 Å². The van der Waals surface area contributed by atoms with Crippen LogP contribution in [0.1, 0.15) is 38.2 Å². The predicted molar refractivity (Wildman–Crippen MR) is 119 cm³/mol. The molecule has 1 unspecified atom stereocenters. The Morgan fingerprint density at radius 2 is 2.00 bits per heavy atom. The number of hydrogen-bond acceptors (Lipinski definition) is 3. The quantitative estimate of drug-likeness (QED) is 0.380. The van der Waals surface area contributed by atoms with Crippen LogP contribution in [0.3, 0.4) is 0 Å². The Hall–Kier alpha value is -1.02. The van der Waals surface area contributed by atoms with Crippen molar-refractivity contribution in [2.24, 2.45) is 4.99 Å². The SMILES string of the molecule is CN=C(NCC(C)Oc1cccc(C)c1)NC1CCN(C2CC2)CC1.I. The number of rotatable bonds is 6. The summed E-state index contributed by atoms with van der Waals surface area (Å²) in [5.74, 6) is 1.80. The second kappa shape index (κ2) is 10.3. The van der Waals surface area contributed by atoms with E-state index < -0.39 is 0 Å². The third kappa shape index (κ3) is 6.61. The van der Waals surface area contributed by atoms with Gasteiger partial charge >= 0.3 is 0 Å². The maximum atomic E-state index is 5.98. The van der Waals surface area contributed by atoms with E-state index in [1.54, 1.807) is 0 Å². The van der Waals surface area contributed by atoms with Gasteiger partial charge in [-0.25, -0.2) is 0 Å². The van der Waals surface area contributed by atoms with Crippen molar-refractivity contribution in [1.82, 2.24) is 15.5 Å². The highest BCUT2D eigenvalue weighted by molar-refractivity contribution is 14.0. The fourth-order valence-electron chi connectivity index (χ4n) is 3.44. The van der Waals surface area contributed by atoms with E-state index in [1.165, 1.54) is 44.3 Å². The molecule has 0 spiro atoms. The summed E-state index contributed by atoms with van der Waals surface area (Å²) < 4.78 is 5.98. The van der Waals surface area contributed by atoms with Crippen molar-refractivity contribution in [3.8, 4) is 5.75 Å². The molecule has 1 aromatic rings. The van der Waals surface area contributed by atoms with E-state index in [2.05, 4.69) is 46.5 Å². The average Bonchev–Trinajstić information content (AvgIpc) is 3.44. The number of nitrogens with one attached hydrogen (secondary N) is 2. The largest absolute Gasteiger partial charge is 0.489 e. The second-order valence-electron chi connectivity index (χ2n) is 7.38. The third-order valence-electron chi connectivity index (χ3n) is 5.04. The van der Waals surface area contributed by atoms with Gasteiger partial charge in [0.2, 0.25) is 0 Å². The first-order chi connectivity index (χ1) is 12.1. The topological polar surface area (TPSA) is 48.9 Å². The summed E-state index contributed by atoms with van der Waals surface area (Å²) in [5, 5.41) is 6.97. The van der Waals surface area contributed by atoms with E-state index in [0.29, 0.717) is 6.04 Å². The van der Waals surface area contributed by atoms with Gasteiger partial charge < -0.3 is 20.3 Å². The van der Waals surface area contributed by atoms with Gasteiger partial charge in [0.15, 0.2) is 5.96 Å². The Labute approximate surface area is 175 Å². The first-order valence-electron chi connectivity index (χ1n) is 9.58. The van der Waals surface area contributed by atoms with E-state index >= 15 is 0 Å². The highest BCUT2D eigenvalue weighted by atomic mass is 127. The molecule has 0 bridgehead atoms. The summed E-state index contributed by atoms with van der Waals surface area (Å²) in [6.07, 6.45) is 5.29. The van der Waals surface area contributed by atoms with Gasteiger partial charge in [-0.2, -0.15) is 0 Å². The lowest BCUT2D eigenvalue weighted by Crippen LogP contribution is -2.50. The third-order valence-corrected chi connectivity index (χ3v) is 5.04. The van der Waals surface area contributed by atoms with E-state index in [-0.39, 0.29) is 30.1 Å². The molecule has 1 aliphatic heterocycles. The van der Waals surface area contributed by atoms with Crippen LogP contribution in [0.4, 0.5) is 0 Å². The fourth-order valence-corrected chi connectivity index (χ4v) is 3.44. The summed E-state index contributed by atoms with van der Waals surface area (Å²) in [7, 11) is 1.83. The summed E-state index contributed by atoms with van der Waals surface area (Å²) >= 11 is 0. The number of piperidine rings is 1. The molecule has 1 aliphatic carbocycles. The molecule has 2 fully saturated rings. The molecule has 1 saturated carbocycles. The number of nitrogens with zero attached hydrogens (tertiary/aromatic N) is 2. The molecule has 5 nitrogen and oxygen atoms in total. The molecular weight excluding hydrogens is 439 g/mol. The van der Waals surface area contributed by atoms with Gasteiger partial charge in [0.05, 0.1) is 6.54 Å². The zero-order chi connectivity index (χ0) is 17.6. The second-order valence-corrected chi connectivity index (χ2v) is 7.38. The van der Waals surface area contributed by atoms with Gasteiger partial charge in [-0.15, -0.1) is 24.0 Å². The number of aryl methyl sites for hydroxylation is 1. The zero-order valence-corrected chi connectivity index (χ0v) is 18.5. The van der Waals surface area contributed by atoms with Crippen LogP contribution < -0.4 is 15.4 Å². The van der Waals surface area contributed by atoms with E-state index in [4.69, 9.17) is 4.74 Å². The molecule has 2 N–H and O–H groups in total. The van der Waals surface area contributed by atoms with Crippen LogP contribution in [0.5, 0.6) is 5.75 Å². The standard InChI is InChI=1S/C20H32N4O.HI/c1-15-5-4-6-19(13-15)25-16(2)14-22-20(21-3)23-17-9-11-24(12-10-17)18-7-8-18;/h4-6,13,16-18H,7-12,14H2,1-3H3,(H2,21,22,23);1H. The number of guanidine groups is 1. The van der Waals surface area contributed by atoms with Gasteiger partial charge in [0.25, 0.3) is 0 Å². The summed E-state index contributed by atoms with van der Waals surface area (Å²) in [4.78, 5) is 7.01. The minimum Gasteiger partial charge on any atom is -0.489 e. The minimum absolute atomic E-state index is 0. The van der Waals surface area contributed by atoms with E-state index in [1.807, 2.05) is 19.2 Å². The highest BCUT2D eigenvalue weighted by Crippen LogP contribution is 2.29. The predicted octanol–water partition coefficient (Wildman–Crippen LogP) is 3.17. The smallest absolute Gasteiger partial charge is 0.191 e. The lowest BCUT2D eigenvalue weighted by Gasteiger charge is -2.33. The maximum absolute atomic E-state index is 5.98. The fraction of sp³-hybridized carbons (Fsp3) is 0.650. The first-order valence-corrected chi connectivity index (χ1v) is 9.58. The van der Waals surface area contributed by atoms with Gasteiger partial charge in [-0.05, 0) is 57.2 Å². The van der Waals surface area contributed by atoms with Crippen LogP contribution in [0.25, 0.3) is 0 Å². The molecule has 0 amide bonds. The molecule has 0 radical (unpaired) electrons. The van der Waals surface area contributed by atoms with E-state index in [9.17, 15) is 0 Å². The molecule has 146 valence electrons. The van der Waals surface area contributed by atoms with Gasteiger partial charge in [0, 0.05) is 32.2 Å². The maximum Gasteiger partial charge on any atom is 0.191 e. The number of benzene rings is 1. The molecule has 1 heterocycles. The van der Waals surface area contributed by atoms with Crippen molar-refractivity contribution in [3.05, 3.63) is 29.8 Å². The van der Waals surface area contributed by atoms with Crippen LogP contribution in [-0.4, -0.2) is 55.7 Å². The van der Waals surface area contributed by atoms with Crippen molar-refractivity contribution in [1.29, 1.82) is 0 Å². The lowest BCUT2D eigenvalue weighted by molar-refractivity contribution is 0.196. The van der Waals surface area contributed by atoms with Crippen LogP contribution in [0.15, 0.2) is 29.3 Å². The average molecular weight is 472 g/mol. The molecule has 1 aromatic carbocycles. The molecule has 6 heteroatoms. The van der Waals surface area contributed by atoms with Crippen LogP contribution in [0, 0.1) is 6.92 Å². The highest BCUT2D eigenvalue weighted by Gasteiger charge is 2.31. The Bertz CT molecular complexity index is 583. The molecule has 26 heavy (non-hydrogen) atoms. The van der Waals surface area contributed by atoms with Crippen molar-refractivity contribution >= 4 is 29.9 Å². The Morgan fingerprint density at radius 3 is 2.62 bits per heavy atom. The van der Waals surface area contributed by atoms with Crippen LogP contribution in [-0.2, 0) is 0 Å². The molecule has 0 aromatic heterocycles. The molecular formula is C20H33IN4O. The molecule has 3 rings (SSSR count). The van der Waals surface area contributed by atoms with E-state index in [0.717, 1.165) is 24.3 Å². The van der Waals surface area contributed by atoms with Gasteiger partial charge in [0.1, 0.15) is 11.9 Å². The Kier molecular flexibility index (Phi) is 8.47. The number of halogens is 1. The summed E-state index contributed by atoms with van der Waals surface area (Å²) in [5.41, 5.74) is 1.22. The first kappa shape index (κ1) is 21.3. The van der Waals surface area contributed by atoms with Crippen molar-refractivity contribution in [2.75, 3.05) is 26.7 Å². The Morgan fingerprint density at radius 1 is 1.27 bits per heavy atom. The molecule has 1 saturated heterocycles. The number of hydrogen-bond donors (Lipinski definition) is 2. The van der Waals surface area contributed by atoms with Gasteiger partial charge in [-0.1, -0.05) is 12.1 Å². The Balaban J connectivity index is 0.00000243. The monoisotopic (exact) mass is 472 g/mol. The van der Waals surface area contributed by atoms with Crippen molar-refractivity contribution < 1.29 is 4.74 Å². The zero-order valence-electron chi connectivity index (χ0n) is 16.2. The van der Waals surface area contributed by atoms with Crippen LogP contribution >= 0.6 is 24.0 Å². The molecule has 2 aliphatic rings. The number of likely N-dealkylation sites (tertiary alicyclic amines) is 1. The minimum atomic E-state index is 0.